The number of aromatic amines is 1. The van der Waals surface area contributed by atoms with Crippen molar-refractivity contribution in [2.45, 2.75) is 19.4 Å². The molecule has 2 heterocycles. The normalized spacial score (nSPS) is 17.4. The van der Waals surface area contributed by atoms with Crippen molar-refractivity contribution in [1.82, 2.24) is 30.8 Å². The Balaban J connectivity index is 1.58. The summed E-state index contributed by atoms with van der Waals surface area (Å²) < 4.78 is 0. The fourth-order valence-electron chi connectivity index (χ4n) is 2.90. The van der Waals surface area contributed by atoms with E-state index in [0.717, 1.165) is 11.1 Å². The van der Waals surface area contributed by atoms with Gasteiger partial charge in [0.25, 0.3) is 0 Å². The summed E-state index contributed by atoms with van der Waals surface area (Å²) in [6.07, 6.45) is 2.67. The second-order valence-electron chi connectivity index (χ2n) is 5.98. The van der Waals surface area contributed by atoms with Gasteiger partial charge in [-0.25, -0.2) is 0 Å². The minimum absolute atomic E-state index is 0.0356. The third kappa shape index (κ3) is 4.09. The average Bonchev–Trinajstić information content (AvgIpc) is 3.17. The second-order valence-corrected chi connectivity index (χ2v) is 5.98. The van der Waals surface area contributed by atoms with E-state index in [2.05, 4.69) is 32.5 Å². The van der Waals surface area contributed by atoms with E-state index in [-0.39, 0.29) is 17.7 Å². The Morgan fingerprint density at radius 1 is 1.48 bits per heavy atom. The first kappa shape index (κ1) is 16.8. The van der Waals surface area contributed by atoms with Crippen LogP contribution >= 0.6 is 0 Å². The smallest absolute Gasteiger partial charge is 0.225 e. The van der Waals surface area contributed by atoms with Crippen LogP contribution in [0.4, 0.5) is 0 Å². The van der Waals surface area contributed by atoms with Gasteiger partial charge in [0, 0.05) is 31.6 Å². The first-order chi connectivity index (χ1) is 12.2. The maximum atomic E-state index is 12.4. The van der Waals surface area contributed by atoms with Gasteiger partial charge in [-0.1, -0.05) is 24.3 Å². The van der Waals surface area contributed by atoms with Crippen LogP contribution in [-0.2, 0) is 16.1 Å². The predicted molar refractivity (Wildman–Crippen MR) is 91.0 cm³/mol. The molecule has 0 saturated carbocycles. The lowest BCUT2D eigenvalue weighted by Gasteiger charge is -2.31. The van der Waals surface area contributed by atoms with Gasteiger partial charge in [0.15, 0.2) is 0 Å². The van der Waals surface area contributed by atoms with Crippen LogP contribution in [0.25, 0.3) is 11.4 Å². The van der Waals surface area contributed by atoms with Crippen LogP contribution in [0.5, 0.6) is 0 Å². The molecule has 2 N–H and O–H groups in total. The molecule has 8 heteroatoms. The van der Waals surface area contributed by atoms with E-state index < -0.39 is 0 Å². The van der Waals surface area contributed by atoms with E-state index in [1.54, 1.807) is 11.0 Å². The molecule has 0 radical (unpaired) electrons. The highest BCUT2D eigenvalue weighted by molar-refractivity contribution is 5.83. The fourth-order valence-corrected chi connectivity index (χ4v) is 2.90. The number of carbonyl (C=O) groups excluding carboxylic acids is 2. The van der Waals surface area contributed by atoms with E-state index in [0.29, 0.717) is 38.3 Å². The van der Waals surface area contributed by atoms with Gasteiger partial charge in [0.1, 0.15) is 0 Å². The first-order valence-corrected chi connectivity index (χ1v) is 8.16. The van der Waals surface area contributed by atoms with Crippen molar-refractivity contribution >= 4 is 11.8 Å². The molecule has 1 fully saturated rings. The van der Waals surface area contributed by atoms with Gasteiger partial charge in [-0.05, 0) is 23.3 Å². The summed E-state index contributed by atoms with van der Waals surface area (Å²) in [5, 5.41) is 16.8. The molecule has 2 aromatic rings. The number of carbonyl (C=O) groups is 2. The van der Waals surface area contributed by atoms with Crippen LogP contribution in [0.1, 0.15) is 18.4 Å². The molecule has 2 amide bonds. The Morgan fingerprint density at radius 3 is 3.12 bits per heavy atom. The standard InChI is InChI=1S/C17H20N6O2/c1-2-8-23-11-14(6-7-15(23)24)17(25)18-10-12-4-3-5-13(9-12)16-19-21-22-20-16/h2-5,9,14H,1,6-8,10-11H2,(H,18,25)(H,19,20,21,22)/t14-/m0/s1. The van der Waals surface area contributed by atoms with Crippen LogP contribution in [0, 0.1) is 5.92 Å². The number of aromatic nitrogens is 4. The molecule has 1 aromatic carbocycles. The molecule has 8 nitrogen and oxygen atoms in total. The van der Waals surface area contributed by atoms with Gasteiger partial charge in [-0.2, -0.15) is 5.21 Å². The maximum Gasteiger partial charge on any atom is 0.225 e. The molecular weight excluding hydrogens is 320 g/mol. The maximum absolute atomic E-state index is 12.4. The van der Waals surface area contributed by atoms with Gasteiger partial charge in [0.2, 0.25) is 17.6 Å². The number of hydrogen-bond donors (Lipinski definition) is 2. The van der Waals surface area contributed by atoms with E-state index in [9.17, 15) is 9.59 Å². The van der Waals surface area contributed by atoms with Crippen LogP contribution < -0.4 is 5.32 Å². The van der Waals surface area contributed by atoms with Crippen LogP contribution in [0.3, 0.4) is 0 Å². The molecule has 1 saturated heterocycles. The van der Waals surface area contributed by atoms with E-state index in [4.69, 9.17) is 0 Å². The average molecular weight is 340 g/mol. The summed E-state index contributed by atoms with van der Waals surface area (Å²) in [5.74, 6) is 0.375. The highest BCUT2D eigenvalue weighted by atomic mass is 16.2. The number of tetrazole rings is 1. The molecule has 1 atom stereocenters. The molecule has 130 valence electrons. The second kappa shape index (κ2) is 7.69. The summed E-state index contributed by atoms with van der Waals surface area (Å²) in [7, 11) is 0. The number of nitrogens with one attached hydrogen (secondary N) is 2. The number of rotatable bonds is 6. The zero-order chi connectivity index (χ0) is 17.6. The molecule has 1 aliphatic rings. The van der Waals surface area contributed by atoms with Crippen molar-refractivity contribution in [1.29, 1.82) is 0 Å². The third-order valence-electron chi connectivity index (χ3n) is 4.22. The lowest BCUT2D eigenvalue weighted by molar-refractivity contribution is -0.137. The largest absolute Gasteiger partial charge is 0.352 e. The number of amides is 2. The molecule has 0 aliphatic carbocycles. The Hall–Kier alpha value is -3.03. The van der Waals surface area contributed by atoms with Crippen molar-refractivity contribution < 1.29 is 9.59 Å². The highest BCUT2D eigenvalue weighted by Gasteiger charge is 2.29. The lowest BCUT2D eigenvalue weighted by atomic mass is 9.96. The minimum Gasteiger partial charge on any atom is -0.352 e. The van der Waals surface area contributed by atoms with Gasteiger partial charge in [-0.3, -0.25) is 9.59 Å². The van der Waals surface area contributed by atoms with Crippen LogP contribution in [0.15, 0.2) is 36.9 Å². The molecule has 1 aliphatic heterocycles. The molecule has 3 rings (SSSR count). The van der Waals surface area contributed by atoms with E-state index in [1.807, 2.05) is 24.3 Å². The minimum atomic E-state index is -0.182. The zero-order valence-electron chi connectivity index (χ0n) is 13.8. The Kier molecular flexibility index (Phi) is 5.17. The number of piperidine rings is 1. The van der Waals surface area contributed by atoms with Crippen molar-refractivity contribution in [3.8, 4) is 11.4 Å². The Bertz CT molecular complexity index is 758. The third-order valence-corrected chi connectivity index (χ3v) is 4.22. The summed E-state index contributed by atoms with van der Waals surface area (Å²) >= 11 is 0. The van der Waals surface area contributed by atoms with Gasteiger partial charge < -0.3 is 10.2 Å². The number of likely N-dealkylation sites (tertiary alicyclic amines) is 1. The van der Waals surface area contributed by atoms with Gasteiger partial charge >= 0.3 is 0 Å². The Labute approximate surface area is 145 Å². The number of benzene rings is 1. The highest BCUT2D eigenvalue weighted by Crippen LogP contribution is 2.18. The SMILES string of the molecule is C=CCN1C[C@@H](C(=O)NCc2cccc(-c3nn[nH]n3)c2)CCC1=O. The fraction of sp³-hybridized carbons (Fsp3) is 0.353. The van der Waals surface area contributed by atoms with Crippen molar-refractivity contribution in [3.63, 3.8) is 0 Å². The number of nitrogens with zero attached hydrogens (tertiary/aromatic N) is 4. The summed E-state index contributed by atoms with van der Waals surface area (Å²) in [5.41, 5.74) is 1.78. The number of hydrogen-bond acceptors (Lipinski definition) is 5. The summed E-state index contributed by atoms with van der Waals surface area (Å²) in [6.45, 7) is 4.99. The molecule has 1 aromatic heterocycles. The van der Waals surface area contributed by atoms with Crippen molar-refractivity contribution in [3.05, 3.63) is 42.5 Å². The van der Waals surface area contributed by atoms with E-state index in [1.165, 1.54) is 0 Å². The predicted octanol–water partition coefficient (Wildman–Crippen LogP) is 0.907. The molecule has 0 bridgehead atoms. The van der Waals surface area contributed by atoms with Crippen LogP contribution in [-0.4, -0.2) is 50.4 Å². The summed E-state index contributed by atoms with van der Waals surface area (Å²) in [6, 6.07) is 7.62. The monoisotopic (exact) mass is 340 g/mol. The number of H-pyrrole nitrogens is 1. The van der Waals surface area contributed by atoms with Gasteiger partial charge in [0.05, 0.1) is 5.92 Å². The lowest BCUT2D eigenvalue weighted by Crippen LogP contribution is -2.45. The Morgan fingerprint density at radius 2 is 2.36 bits per heavy atom. The molecular formula is C17H20N6O2. The molecule has 0 spiro atoms. The topological polar surface area (TPSA) is 104 Å². The molecule has 25 heavy (non-hydrogen) atoms. The van der Waals surface area contributed by atoms with Crippen molar-refractivity contribution in [2.24, 2.45) is 5.92 Å². The molecule has 0 unspecified atom stereocenters. The van der Waals surface area contributed by atoms with Crippen LogP contribution in [0.2, 0.25) is 0 Å². The van der Waals surface area contributed by atoms with Crippen molar-refractivity contribution in [2.75, 3.05) is 13.1 Å². The van der Waals surface area contributed by atoms with E-state index >= 15 is 0 Å². The quantitative estimate of drug-likeness (QED) is 0.761. The zero-order valence-corrected chi connectivity index (χ0v) is 13.8. The first-order valence-electron chi connectivity index (χ1n) is 8.16. The summed E-state index contributed by atoms with van der Waals surface area (Å²) in [4.78, 5) is 25.9. The van der Waals surface area contributed by atoms with Gasteiger partial charge in [-0.15, -0.1) is 16.8 Å².